The maximum absolute atomic E-state index is 10.8. The summed E-state index contributed by atoms with van der Waals surface area (Å²) in [7, 11) is 0. The molecule has 0 aliphatic carbocycles. The van der Waals surface area contributed by atoms with Crippen molar-refractivity contribution < 1.29 is 15.0 Å². The number of hydrogen-bond donors (Lipinski definition) is 4. The normalized spacial score (nSPS) is 14.4. The van der Waals surface area contributed by atoms with Gasteiger partial charge in [0.2, 0.25) is 5.91 Å². The molecule has 0 bridgehead atoms. The van der Waals surface area contributed by atoms with Gasteiger partial charge in [-0.2, -0.15) is 0 Å². The summed E-state index contributed by atoms with van der Waals surface area (Å²) in [6.45, 7) is 1.39. The molecule has 0 saturated carbocycles. The summed E-state index contributed by atoms with van der Waals surface area (Å²) in [5.74, 6) is -0.237. The zero-order valence-electron chi connectivity index (χ0n) is 10.1. The number of para-hydroxylation sites is 1. The number of aliphatic hydroxyl groups is 2. The molecule has 0 saturated heterocycles. The summed E-state index contributed by atoms with van der Waals surface area (Å²) in [6, 6.07) is 7.38. The summed E-state index contributed by atoms with van der Waals surface area (Å²) in [5, 5.41) is 23.4. The largest absolute Gasteiger partial charge is 0.388 e. The Morgan fingerprint density at radius 1 is 1.39 bits per heavy atom. The van der Waals surface area contributed by atoms with Gasteiger partial charge in [-0.15, -0.1) is 0 Å². The minimum Gasteiger partial charge on any atom is -0.388 e. The fourth-order valence-electron chi connectivity index (χ4n) is 1.92. The topological polar surface area (TPSA) is 85.3 Å². The summed E-state index contributed by atoms with van der Waals surface area (Å²) >= 11 is 0. The number of carbonyl (C=O) groups excluding carboxylic acids is 1. The van der Waals surface area contributed by atoms with Crippen LogP contribution in [0.5, 0.6) is 0 Å². The standard InChI is InChI=1S/C13H16N2O3/c1-8(16)15-7-11(17)13(18)10-4-2-3-9-5-6-14-12(9)10/h2-6,11,13-14,17-18H,7H2,1H3,(H,15,16). The van der Waals surface area contributed by atoms with E-state index in [1.165, 1.54) is 6.92 Å². The molecule has 1 aromatic carbocycles. The van der Waals surface area contributed by atoms with Crippen molar-refractivity contribution in [1.29, 1.82) is 0 Å². The third-order valence-corrected chi connectivity index (χ3v) is 2.86. The van der Waals surface area contributed by atoms with E-state index >= 15 is 0 Å². The Morgan fingerprint density at radius 2 is 2.17 bits per heavy atom. The van der Waals surface area contributed by atoms with Gasteiger partial charge in [-0.1, -0.05) is 18.2 Å². The number of aliphatic hydroxyl groups excluding tert-OH is 2. The fourth-order valence-corrected chi connectivity index (χ4v) is 1.92. The van der Waals surface area contributed by atoms with Crippen molar-refractivity contribution in [3.63, 3.8) is 0 Å². The van der Waals surface area contributed by atoms with Gasteiger partial charge < -0.3 is 20.5 Å². The van der Waals surface area contributed by atoms with Crippen molar-refractivity contribution >= 4 is 16.8 Å². The second-order valence-corrected chi connectivity index (χ2v) is 4.24. The van der Waals surface area contributed by atoms with E-state index in [1.54, 1.807) is 12.3 Å². The lowest BCUT2D eigenvalue weighted by molar-refractivity contribution is -0.119. The second kappa shape index (κ2) is 5.20. The zero-order valence-corrected chi connectivity index (χ0v) is 10.1. The van der Waals surface area contributed by atoms with Gasteiger partial charge >= 0.3 is 0 Å². The van der Waals surface area contributed by atoms with Gasteiger partial charge in [-0.05, 0) is 11.5 Å². The van der Waals surface area contributed by atoms with E-state index in [0.29, 0.717) is 5.56 Å². The van der Waals surface area contributed by atoms with Crippen molar-refractivity contribution in [3.05, 3.63) is 36.0 Å². The van der Waals surface area contributed by atoms with Gasteiger partial charge in [0.25, 0.3) is 0 Å². The highest BCUT2D eigenvalue weighted by molar-refractivity contribution is 5.82. The molecule has 5 heteroatoms. The number of aromatic nitrogens is 1. The van der Waals surface area contributed by atoms with E-state index in [0.717, 1.165) is 10.9 Å². The second-order valence-electron chi connectivity index (χ2n) is 4.24. The number of aromatic amines is 1. The van der Waals surface area contributed by atoms with Crippen LogP contribution in [-0.4, -0.2) is 33.8 Å². The molecule has 2 atom stereocenters. The molecule has 0 aliphatic rings. The number of amides is 1. The Bertz CT molecular complexity index is 550. The molecule has 0 aliphatic heterocycles. The van der Waals surface area contributed by atoms with Gasteiger partial charge in [0, 0.05) is 25.2 Å². The average Bonchev–Trinajstić information content (AvgIpc) is 2.82. The third-order valence-electron chi connectivity index (χ3n) is 2.86. The number of hydrogen-bond acceptors (Lipinski definition) is 3. The Morgan fingerprint density at radius 3 is 2.89 bits per heavy atom. The van der Waals surface area contributed by atoms with E-state index in [-0.39, 0.29) is 12.5 Å². The van der Waals surface area contributed by atoms with Gasteiger partial charge in [0.1, 0.15) is 12.2 Å². The molecule has 4 N–H and O–H groups in total. The van der Waals surface area contributed by atoms with Crippen molar-refractivity contribution in [1.82, 2.24) is 10.3 Å². The summed E-state index contributed by atoms with van der Waals surface area (Å²) in [4.78, 5) is 13.8. The number of benzene rings is 1. The molecule has 2 unspecified atom stereocenters. The van der Waals surface area contributed by atoms with Gasteiger partial charge in [0.15, 0.2) is 0 Å². The molecular formula is C13H16N2O3. The highest BCUT2D eigenvalue weighted by Crippen LogP contribution is 2.25. The van der Waals surface area contributed by atoms with Crippen molar-refractivity contribution in [2.24, 2.45) is 0 Å². The lowest BCUT2D eigenvalue weighted by Gasteiger charge is -2.19. The number of carbonyl (C=O) groups is 1. The summed E-state index contributed by atoms with van der Waals surface area (Å²) < 4.78 is 0. The molecule has 0 fully saturated rings. The third kappa shape index (κ3) is 2.52. The molecule has 2 rings (SSSR count). The molecule has 5 nitrogen and oxygen atoms in total. The molecule has 0 radical (unpaired) electrons. The van der Waals surface area contributed by atoms with Crippen LogP contribution in [0.25, 0.3) is 10.9 Å². The minimum absolute atomic E-state index is 0.0214. The van der Waals surface area contributed by atoms with Gasteiger partial charge in [-0.3, -0.25) is 4.79 Å². The van der Waals surface area contributed by atoms with Gasteiger partial charge in [0.05, 0.1) is 5.52 Å². The van der Waals surface area contributed by atoms with E-state index < -0.39 is 12.2 Å². The van der Waals surface area contributed by atoms with E-state index in [4.69, 9.17) is 0 Å². The van der Waals surface area contributed by atoms with Crippen LogP contribution in [0, 0.1) is 0 Å². The Labute approximate surface area is 104 Å². The van der Waals surface area contributed by atoms with E-state index in [1.807, 2.05) is 18.2 Å². The van der Waals surface area contributed by atoms with Crippen molar-refractivity contribution in [2.45, 2.75) is 19.1 Å². The molecule has 96 valence electrons. The molecule has 1 heterocycles. The van der Waals surface area contributed by atoms with Crippen molar-refractivity contribution in [3.8, 4) is 0 Å². The highest BCUT2D eigenvalue weighted by Gasteiger charge is 2.20. The predicted molar refractivity (Wildman–Crippen MR) is 67.9 cm³/mol. The molecule has 0 spiro atoms. The molecular weight excluding hydrogens is 232 g/mol. The number of H-pyrrole nitrogens is 1. The molecule has 1 aromatic heterocycles. The first-order valence-electron chi connectivity index (χ1n) is 5.76. The molecule has 1 amide bonds. The Hall–Kier alpha value is -1.85. The number of fused-ring (bicyclic) bond motifs is 1. The highest BCUT2D eigenvalue weighted by atomic mass is 16.3. The van der Waals surface area contributed by atoms with Crippen LogP contribution in [-0.2, 0) is 4.79 Å². The lowest BCUT2D eigenvalue weighted by Crippen LogP contribution is -2.34. The summed E-state index contributed by atoms with van der Waals surface area (Å²) in [5.41, 5.74) is 1.42. The molecule has 18 heavy (non-hydrogen) atoms. The van der Waals surface area contributed by atoms with Crippen LogP contribution >= 0.6 is 0 Å². The Kier molecular flexibility index (Phi) is 3.64. The van der Waals surface area contributed by atoms with Crippen LogP contribution in [0.3, 0.4) is 0 Å². The van der Waals surface area contributed by atoms with Crippen LogP contribution in [0.1, 0.15) is 18.6 Å². The fraction of sp³-hybridized carbons (Fsp3) is 0.308. The quantitative estimate of drug-likeness (QED) is 0.642. The van der Waals surface area contributed by atoms with Crippen LogP contribution in [0.4, 0.5) is 0 Å². The van der Waals surface area contributed by atoms with Crippen LogP contribution < -0.4 is 5.32 Å². The van der Waals surface area contributed by atoms with Crippen molar-refractivity contribution in [2.75, 3.05) is 6.54 Å². The van der Waals surface area contributed by atoms with E-state index in [9.17, 15) is 15.0 Å². The number of nitrogens with one attached hydrogen (secondary N) is 2. The van der Waals surface area contributed by atoms with E-state index in [2.05, 4.69) is 10.3 Å². The molecule has 2 aromatic rings. The maximum atomic E-state index is 10.8. The Balaban J connectivity index is 2.19. The predicted octanol–water partition coefficient (Wildman–Crippen LogP) is 0.698. The SMILES string of the molecule is CC(=O)NCC(O)C(O)c1cccc2cc[nH]c12. The monoisotopic (exact) mass is 248 g/mol. The average molecular weight is 248 g/mol. The number of rotatable bonds is 4. The first-order chi connectivity index (χ1) is 8.59. The smallest absolute Gasteiger partial charge is 0.216 e. The zero-order chi connectivity index (χ0) is 13.1. The van der Waals surface area contributed by atoms with Gasteiger partial charge in [-0.25, -0.2) is 0 Å². The first kappa shape index (κ1) is 12.6. The summed E-state index contributed by atoms with van der Waals surface area (Å²) in [6.07, 6.45) is -0.303. The lowest BCUT2D eigenvalue weighted by atomic mass is 10.0. The minimum atomic E-state index is -1.04. The van der Waals surface area contributed by atoms with Crippen LogP contribution in [0.2, 0.25) is 0 Å². The van der Waals surface area contributed by atoms with Crippen LogP contribution in [0.15, 0.2) is 30.5 Å². The first-order valence-corrected chi connectivity index (χ1v) is 5.76. The maximum Gasteiger partial charge on any atom is 0.216 e.